The molecule has 1 amide bonds. The summed E-state index contributed by atoms with van der Waals surface area (Å²) in [6.45, 7) is 0.407. The number of hydrogen-bond acceptors (Lipinski definition) is 3. The Morgan fingerprint density at radius 1 is 0.800 bits per heavy atom. The molecule has 0 aromatic heterocycles. The Labute approximate surface area is 147 Å². The van der Waals surface area contributed by atoms with E-state index in [4.69, 9.17) is 9.47 Å². The number of ether oxygens (including phenoxy) is 2. The molecule has 4 nitrogen and oxygen atoms in total. The van der Waals surface area contributed by atoms with Gasteiger partial charge in [0.05, 0.1) is 6.61 Å². The minimum Gasteiger partial charge on any atom is -0.457 e. The summed E-state index contributed by atoms with van der Waals surface area (Å²) in [5, 5.41) is 2.81. The lowest BCUT2D eigenvalue weighted by atomic mass is 10.2. The first kappa shape index (κ1) is 16.7. The van der Waals surface area contributed by atoms with E-state index in [0.29, 0.717) is 18.0 Å². The van der Waals surface area contributed by atoms with Crippen LogP contribution in [0.4, 0.5) is 5.69 Å². The number of hydrogen-bond donors (Lipinski definition) is 1. The number of nitrogens with one attached hydrogen (secondary N) is 1. The largest absolute Gasteiger partial charge is 0.457 e. The molecule has 0 aliphatic heterocycles. The third-order valence-electron chi connectivity index (χ3n) is 3.44. The monoisotopic (exact) mass is 333 g/mol. The van der Waals surface area contributed by atoms with Gasteiger partial charge in [0.2, 0.25) is 5.91 Å². The van der Waals surface area contributed by atoms with Crippen LogP contribution < -0.4 is 10.1 Å². The summed E-state index contributed by atoms with van der Waals surface area (Å²) in [4.78, 5) is 12.0. The highest BCUT2D eigenvalue weighted by molar-refractivity contribution is 5.91. The lowest BCUT2D eigenvalue weighted by Gasteiger charge is -2.09. The van der Waals surface area contributed by atoms with Gasteiger partial charge in [-0.05, 0) is 29.8 Å². The van der Waals surface area contributed by atoms with Gasteiger partial charge in [0, 0.05) is 11.8 Å². The van der Waals surface area contributed by atoms with Crippen molar-refractivity contribution in [1.82, 2.24) is 0 Å². The van der Waals surface area contributed by atoms with Crippen LogP contribution in [0.15, 0.2) is 84.9 Å². The third kappa shape index (κ3) is 5.48. The number of benzene rings is 3. The molecular weight excluding hydrogens is 314 g/mol. The Kier molecular flexibility index (Phi) is 5.80. The van der Waals surface area contributed by atoms with Crippen LogP contribution >= 0.6 is 0 Å². The molecule has 3 aromatic rings. The van der Waals surface area contributed by atoms with Crippen LogP contribution in [-0.2, 0) is 16.1 Å². The van der Waals surface area contributed by atoms with Gasteiger partial charge in [-0.25, -0.2) is 0 Å². The summed E-state index contributed by atoms with van der Waals surface area (Å²) < 4.78 is 11.2. The number of para-hydroxylation sites is 1. The SMILES string of the molecule is O=C(COCc1ccccc1)Nc1cccc(Oc2ccccc2)c1. The van der Waals surface area contributed by atoms with Crippen molar-refractivity contribution in [2.75, 3.05) is 11.9 Å². The van der Waals surface area contributed by atoms with Crippen LogP contribution in [0.1, 0.15) is 5.56 Å². The Hall–Kier alpha value is -3.11. The minimum atomic E-state index is -0.201. The first-order chi connectivity index (χ1) is 12.3. The highest BCUT2D eigenvalue weighted by Gasteiger charge is 2.04. The smallest absolute Gasteiger partial charge is 0.250 e. The van der Waals surface area contributed by atoms with Gasteiger partial charge in [-0.2, -0.15) is 0 Å². The molecular formula is C21H19NO3. The van der Waals surface area contributed by atoms with Crippen LogP contribution in [0, 0.1) is 0 Å². The Morgan fingerprint density at radius 3 is 2.24 bits per heavy atom. The molecule has 0 bridgehead atoms. The van der Waals surface area contributed by atoms with Crippen LogP contribution in [0.3, 0.4) is 0 Å². The number of amides is 1. The van der Waals surface area contributed by atoms with Crippen LogP contribution in [0.2, 0.25) is 0 Å². The average molecular weight is 333 g/mol. The predicted octanol–water partition coefficient (Wildman–Crippen LogP) is 4.63. The first-order valence-electron chi connectivity index (χ1n) is 8.04. The molecule has 0 saturated carbocycles. The van der Waals surface area contributed by atoms with Crippen molar-refractivity contribution in [1.29, 1.82) is 0 Å². The van der Waals surface area contributed by atoms with E-state index in [-0.39, 0.29) is 12.5 Å². The lowest BCUT2D eigenvalue weighted by Crippen LogP contribution is -2.18. The zero-order valence-corrected chi connectivity index (χ0v) is 13.7. The molecule has 126 valence electrons. The molecule has 0 unspecified atom stereocenters. The highest BCUT2D eigenvalue weighted by atomic mass is 16.5. The molecule has 0 heterocycles. The molecule has 1 N–H and O–H groups in total. The van der Waals surface area contributed by atoms with Crippen molar-refractivity contribution in [2.45, 2.75) is 6.61 Å². The predicted molar refractivity (Wildman–Crippen MR) is 97.7 cm³/mol. The molecule has 0 fully saturated rings. The van der Waals surface area contributed by atoms with E-state index < -0.39 is 0 Å². The normalized spacial score (nSPS) is 10.2. The van der Waals surface area contributed by atoms with Crippen molar-refractivity contribution in [3.05, 3.63) is 90.5 Å². The topological polar surface area (TPSA) is 47.6 Å². The molecule has 4 heteroatoms. The van der Waals surface area contributed by atoms with Crippen molar-refractivity contribution in [2.24, 2.45) is 0 Å². The third-order valence-corrected chi connectivity index (χ3v) is 3.44. The molecule has 0 atom stereocenters. The van der Waals surface area contributed by atoms with Gasteiger partial charge in [0.25, 0.3) is 0 Å². The summed E-state index contributed by atoms with van der Waals surface area (Å²) in [6.07, 6.45) is 0. The lowest BCUT2D eigenvalue weighted by molar-refractivity contribution is -0.121. The maximum atomic E-state index is 12.0. The quantitative estimate of drug-likeness (QED) is 0.685. The maximum Gasteiger partial charge on any atom is 0.250 e. The van der Waals surface area contributed by atoms with E-state index in [9.17, 15) is 4.79 Å². The van der Waals surface area contributed by atoms with E-state index in [1.54, 1.807) is 6.07 Å². The highest BCUT2D eigenvalue weighted by Crippen LogP contribution is 2.23. The molecule has 0 saturated heterocycles. The van der Waals surface area contributed by atoms with E-state index in [1.807, 2.05) is 78.9 Å². The first-order valence-corrected chi connectivity index (χ1v) is 8.04. The molecule has 0 spiro atoms. The number of carbonyl (C=O) groups excluding carboxylic acids is 1. The van der Waals surface area contributed by atoms with Crippen molar-refractivity contribution >= 4 is 11.6 Å². The zero-order chi connectivity index (χ0) is 17.3. The second-order valence-electron chi connectivity index (χ2n) is 5.47. The molecule has 3 aromatic carbocycles. The van der Waals surface area contributed by atoms with E-state index in [1.165, 1.54) is 0 Å². The number of rotatable bonds is 7. The Balaban J connectivity index is 1.50. The summed E-state index contributed by atoms with van der Waals surface area (Å²) >= 11 is 0. The molecule has 0 radical (unpaired) electrons. The van der Waals surface area contributed by atoms with Crippen LogP contribution in [-0.4, -0.2) is 12.5 Å². The zero-order valence-electron chi connectivity index (χ0n) is 13.7. The van der Waals surface area contributed by atoms with Gasteiger partial charge in [-0.15, -0.1) is 0 Å². The van der Waals surface area contributed by atoms with E-state index >= 15 is 0 Å². The van der Waals surface area contributed by atoms with Crippen molar-refractivity contribution in [3.63, 3.8) is 0 Å². The van der Waals surface area contributed by atoms with E-state index in [2.05, 4.69) is 5.32 Å². The summed E-state index contributed by atoms with van der Waals surface area (Å²) in [5.74, 6) is 1.21. The molecule has 25 heavy (non-hydrogen) atoms. The summed E-state index contributed by atoms with van der Waals surface area (Å²) in [6, 6.07) is 26.5. The summed E-state index contributed by atoms with van der Waals surface area (Å²) in [7, 11) is 0. The van der Waals surface area contributed by atoms with E-state index in [0.717, 1.165) is 11.3 Å². The van der Waals surface area contributed by atoms with Gasteiger partial charge >= 0.3 is 0 Å². The number of carbonyl (C=O) groups is 1. The maximum absolute atomic E-state index is 12.0. The average Bonchev–Trinajstić information content (AvgIpc) is 2.64. The Bertz CT molecular complexity index is 804. The second kappa shape index (κ2) is 8.66. The Morgan fingerprint density at radius 2 is 1.48 bits per heavy atom. The fraction of sp³-hybridized carbons (Fsp3) is 0.0952. The van der Waals surface area contributed by atoms with Crippen LogP contribution in [0.5, 0.6) is 11.5 Å². The van der Waals surface area contributed by atoms with Crippen molar-refractivity contribution in [3.8, 4) is 11.5 Å². The molecule has 3 rings (SSSR count). The second-order valence-corrected chi connectivity index (χ2v) is 5.47. The van der Waals surface area contributed by atoms with Gasteiger partial charge in [0.15, 0.2) is 0 Å². The summed E-state index contributed by atoms with van der Waals surface area (Å²) in [5.41, 5.74) is 1.70. The van der Waals surface area contributed by atoms with Gasteiger partial charge in [-0.3, -0.25) is 4.79 Å². The van der Waals surface area contributed by atoms with Gasteiger partial charge in [-0.1, -0.05) is 54.6 Å². The number of anilines is 1. The molecule has 0 aliphatic carbocycles. The fourth-order valence-electron chi connectivity index (χ4n) is 2.29. The van der Waals surface area contributed by atoms with Gasteiger partial charge < -0.3 is 14.8 Å². The minimum absolute atomic E-state index is 0.00133. The molecule has 0 aliphatic rings. The van der Waals surface area contributed by atoms with Gasteiger partial charge in [0.1, 0.15) is 18.1 Å². The van der Waals surface area contributed by atoms with Crippen LogP contribution in [0.25, 0.3) is 0 Å². The van der Waals surface area contributed by atoms with Crippen molar-refractivity contribution < 1.29 is 14.3 Å². The standard InChI is InChI=1S/C21H19NO3/c23-21(16-24-15-17-8-3-1-4-9-17)22-18-10-7-13-20(14-18)25-19-11-5-2-6-12-19/h1-14H,15-16H2,(H,22,23). The fourth-order valence-corrected chi connectivity index (χ4v) is 2.29.